The highest BCUT2D eigenvalue weighted by Crippen LogP contribution is 2.37. The molecule has 2 atom stereocenters. The predicted octanol–water partition coefficient (Wildman–Crippen LogP) is 3.62. The highest BCUT2D eigenvalue weighted by atomic mass is 32.2. The molecule has 4 rings (SSSR count). The number of carbonyl (C=O) groups is 1. The summed E-state index contributed by atoms with van der Waals surface area (Å²) in [7, 11) is 0. The molecule has 130 valence electrons. The summed E-state index contributed by atoms with van der Waals surface area (Å²) < 4.78 is 0. The molecule has 2 fully saturated rings. The van der Waals surface area contributed by atoms with Gasteiger partial charge in [0.15, 0.2) is 0 Å². The number of hydrogen-bond donors (Lipinski definition) is 1. The van der Waals surface area contributed by atoms with Crippen molar-refractivity contribution in [2.75, 3.05) is 13.1 Å². The lowest BCUT2D eigenvalue weighted by atomic mass is 9.92. The van der Waals surface area contributed by atoms with E-state index in [1.807, 2.05) is 0 Å². The first-order chi connectivity index (χ1) is 11.8. The smallest absolute Gasteiger partial charge is 0.234 e. The maximum Gasteiger partial charge on any atom is 0.234 e. The summed E-state index contributed by atoms with van der Waals surface area (Å²) >= 11 is 1.74. The van der Waals surface area contributed by atoms with E-state index in [0.717, 1.165) is 25.4 Å². The van der Waals surface area contributed by atoms with E-state index in [4.69, 9.17) is 0 Å². The zero-order chi connectivity index (χ0) is 16.4. The van der Waals surface area contributed by atoms with Crippen molar-refractivity contribution in [3.05, 3.63) is 29.8 Å². The van der Waals surface area contributed by atoms with Gasteiger partial charge < -0.3 is 5.32 Å². The number of benzene rings is 1. The van der Waals surface area contributed by atoms with Gasteiger partial charge in [0.1, 0.15) is 0 Å². The van der Waals surface area contributed by atoms with Gasteiger partial charge in [0.2, 0.25) is 5.91 Å². The van der Waals surface area contributed by atoms with Gasteiger partial charge in [0, 0.05) is 23.5 Å². The Hall–Kier alpha value is -1.00. The Morgan fingerprint density at radius 1 is 1.08 bits per heavy atom. The number of rotatable bonds is 3. The average molecular weight is 345 g/mol. The molecule has 0 aromatic heterocycles. The Kier molecular flexibility index (Phi) is 5.14. The third-order valence-electron chi connectivity index (χ3n) is 5.83. The molecule has 3 aliphatic rings. The van der Waals surface area contributed by atoms with Gasteiger partial charge in [0.25, 0.3) is 0 Å². The van der Waals surface area contributed by atoms with Crippen molar-refractivity contribution in [2.24, 2.45) is 0 Å². The molecule has 1 aromatic carbocycles. The largest absolute Gasteiger partial charge is 0.351 e. The summed E-state index contributed by atoms with van der Waals surface area (Å²) in [6, 6.07) is 9.54. The minimum Gasteiger partial charge on any atom is -0.351 e. The van der Waals surface area contributed by atoms with Crippen LogP contribution in [0.1, 0.15) is 50.5 Å². The van der Waals surface area contributed by atoms with E-state index in [1.54, 1.807) is 11.8 Å². The molecule has 4 heteroatoms. The molecule has 2 aliphatic heterocycles. The molecule has 1 amide bonds. The molecule has 3 nitrogen and oxygen atoms in total. The van der Waals surface area contributed by atoms with E-state index >= 15 is 0 Å². The fourth-order valence-corrected chi connectivity index (χ4v) is 5.73. The fourth-order valence-electron chi connectivity index (χ4n) is 4.52. The molecule has 1 aromatic rings. The van der Waals surface area contributed by atoms with Gasteiger partial charge in [0.05, 0.1) is 5.25 Å². The van der Waals surface area contributed by atoms with Crippen LogP contribution in [-0.4, -0.2) is 41.2 Å². The van der Waals surface area contributed by atoms with Crippen LogP contribution in [-0.2, 0) is 11.2 Å². The Balaban J connectivity index is 1.31. The molecule has 0 radical (unpaired) electrons. The van der Waals surface area contributed by atoms with Gasteiger partial charge in [-0.3, -0.25) is 9.69 Å². The van der Waals surface area contributed by atoms with Crippen molar-refractivity contribution in [3.63, 3.8) is 0 Å². The van der Waals surface area contributed by atoms with E-state index < -0.39 is 0 Å². The maximum absolute atomic E-state index is 12.7. The predicted molar refractivity (Wildman–Crippen MR) is 99.4 cm³/mol. The third-order valence-corrected chi connectivity index (χ3v) is 7.15. The Morgan fingerprint density at radius 2 is 1.92 bits per heavy atom. The summed E-state index contributed by atoms with van der Waals surface area (Å²) in [5, 5.41) is 3.43. The van der Waals surface area contributed by atoms with Gasteiger partial charge in [-0.1, -0.05) is 37.5 Å². The van der Waals surface area contributed by atoms with E-state index in [9.17, 15) is 4.79 Å². The topological polar surface area (TPSA) is 32.3 Å². The zero-order valence-electron chi connectivity index (χ0n) is 14.4. The lowest BCUT2D eigenvalue weighted by Gasteiger charge is -2.40. The van der Waals surface area contributed by atoms with Crippen LogP contribution in [0.25, 0.3) is 0 Å². The number of piperidine rings is 1. The highest BCUT2D eigenvalue weighted by molar-refractivity contribution is 8.01. The molecule has 1 N–H and O–H groups in total. The van der Waals surface area contributed by atoms with E-state index in [-0.39, 0.29) is 11.2 Å². The van der Waals surface area contributed by atoms with Crippen molar-refractivity contribution in [1.82, 2.24) is 10.2 Å². The van der Waals surface area contributed by atoms with Crippen molar-refractivity contribution in [2.45, 2.75) is 73.6 Å². The lowest BCUT2D eigenvalue weighted by Crippen LogP contribution is -2.52. The molecule has 0 spiro atoms. The van der Waals surface area contributed by atoms with Crippen LogP contribution in [0, 0.1) is 0 Å². The number of nitrogens with one attached hydrogen (secondary N) is 1. The normalized spacial score (nSPS) is 28.5. The molecule has 1 saturated heterocycles. The number of likely N-dealkylation sites (tertiary alicyclic amines) is 1. The number of amides is 1. The number of carbonyl (C=O) groups excluding carboxylic acids is 1. The second-order valence-corrected chi connectivity index (χ2v) is 8.80. The van der Waals surface area contributed by atoms with Gasteiger partial charge in [-0.2, -0.15) is 0 Å². The SMILES string of the molecule is O=C(NC1CCCN(C2CCCCC2)C1)C1Cc2ccccc2S1. The van der Waals surface area contributed by atoms with Crippen LogP contribution in [0.4, 0.5) is 0 Å². The molecule has 2 heterocycles. The Labute approximate surface area is 149 Å². The number of hydrogen-bond acceptors (Lipinski definition) is 3. The number of nitrogens with zero attached hydrogens (tertiary/aromatic N) is 1. The monoisotopic (exact) mass is 344 g/mol. The quantitative estimate of drug-likeness (QED) is 0.909. The number of fused-ring (bicyclic) bond motifs is 1. The average Bonchev–Trinajstić information content (AvgIpc) is 3.07. The van der Waals surface area contributed by atoms with Crippen LogP contribution in [0.5, 0.6) is 0 Å². The molecule has 1 aliphatic carbocycles. The minimum absolute atomic E-state index is 0.0625. The minimum atomic E-state index is 0.0625. The van der Waals surface area contributed by atoms with Crippen LogP contribution in [0.15, 0.2) is 29.2 Å². The van der Waals surface area contributed by atoms with Crippen LogP contribution in [0.3, 0.4) is 0 Å². The lowest BCUT2D eigenvalue weighted by molar-refractivity contribution is -0.121. The molecule has 0 bridgehead atoms. The Morgan fingerprint density at radius 3 is 2.75 bits per heavy atom. The van der Waals surface area contributed by atoms with Crippen molar-refractivity contribution in [3.8, 4) is 0 Å². The second kappa shape index (κ2) is 7.49. The van der Waals surface area contributed by atoms with Crippen LogP contribution in [0.2, 0.25) is 0 Å². The zero-order valence-corrected chi connectivity index (χ0v) is 15.2. The van der Waals surface area contributed by atoms with Crippen LogP contribution >= 0.6 is 11.8 Å². The molecule has 1 saturated carbocycles. The van der Waals surface area contributed by atoms with E-state index in [2.05, 4.69) is 34.5 Å². The third kappa shape index (κ3) is 3.65. The molecular formula is C20H28N2OS. The second-order valence-electron chi connectivity index (χ2n) is 7.55. The first-order valence-electron chi connectivity index (χ1n) is 9.58. The van der Waals surface area contributed by atoms with Gasteiger partial charge >= 0.3 is 0 Å². The molecular weight excluding hydrogens is 316 g/mol. The van der Waals surface area contributed by atoms with Crippen LogP contribution < -0.4 is 5.32 Å². The van der Waals surface area contributed by atoms with E-state index in [1.165, 1.54) is 55.5 Å². The first kappa shape index (κ1) is 16.5. The van der Waals surface area contributed by atoms with Gasteiger partial charge in [-0.25, -0.2) is 0 Å². The first-order valence-corrected chi connectivity index (χ1v) is 10.5. The highest BCUT2D eigenvalue weighted by Gasteiger charge is 2.32. The summed E-state index contributed by atoms with van der Waals surface area (Å²) in [5.74, 6) is 0.242. The standard InChI is InChI=1S/C20H28N2OS/c23-20(19-13-15-7-4-5-11-18(15)24-19)21-16-8-6-12-22(14-16)17-9-2-1-3-10-17/h4-5,7,11,16-17,19H,1-3,6,8-10,12-14H2,(H,21,23). The molecule has 2 unspecified atom stereocenters. The van der Waals surface area contributed by atoms with Crippen molar-refractivity contribution < 1.29 is 4.79 Å². The van der Waals surface area contributed by atoms with Gasteiger partial charge in [-0.05, 0) is 50.3 Å². The molecule has 24 heavy (non-hydrogen) atoms. The number of thioether (sulfide) groups is 1. The summed E-state index contributed by atoms with van der Waals surface area (Å²) in [4.78, 5) is 16.7. The summed E-state index contributed by atoms with van der Waals surface area (Å²) in [6.07, 6.45) is 10.1. The fraction of sp³-hybridized carbons (Fsp3) is 0.650. The van der Waals surface area contributed by atoms with Gasteiger partial charge in [-0.15, -0.1) is 11.8 Å². The summed E-state index contributed by atoms with van der Waals surface area (Å²) in [6.45, 7) is 2.28. The van der Waals surface area contributed by atoms with Crippen molar-refractivity contribution >= 4 is 17.7 Å². The summed E-state index contributed by atoms with van der Waals surface area (Å²) in [5.41, 5.74) is 1.33. The maximum atomic E-state index is 12.7. The van der Waals surface area contributed by atoms with Crippen molar-refractivity contribution in [1.29, 1.82) is 0 Å². The van der Waals surface area contributed by atoms with E-state index in [0.29, 0.717) is 6.04 Å². The Bertz CT molecular complexity index is 560.